The van der Waals surface area contributed by atoms with Crippen LogP contribution in [0.5, 0.6) is 0 Å². The lowest BCUT2D eigenvalue weighted by molar-refractivity contribution is 0.768. The van der Waals surface area contributed by atoms with Crippen molar-refractivity contribution in [2.45, 2.75) is 19.8 Å². The van der Waals surface area contributed by atoms with E-state index in [4.69, 9.17) is 0 Å². The molecular weight excluding hydrogens is 268 g/mol. The molecule has 0 amide bonds. The van der Waals surface area contributed by atoms with Crippen molar-refractivity contribution >= 4 is 10.9 Å². The third-order valence-electron chi connectivity index (χ3n) is 3.55. The topological polar surface area (TPSA) is 83.5 Å². The van der Waals surface area contributed by atoms with Crippen LogP contribution in [0.1, 0.15) is 25.3 Å². The maximum Gasteiger partial charge on any atom is 0.326 e. The minimum atomic E-state index is -0.490. The molecule has 6 heteroatoms. The van der Waals surface area contributed by atoms with Crippen molar-refractivity contribution in [2.24, 2.45) is 7.05 Å². The van der Waals surface area contributed by atoms with Crippen LogP contribution in [0.15, 0.2) is 34.1 Å². The Hall–Kier alpha value is -2.63. The summed E-state index contributed by atoms with van der Waals surface area (Å²) in [7, 11) is 1.85. The first kappa shape index (κ1) is 13.4. The minimum absolute atomic E-state index is 0.257. The predicted octanol–water partition coefficient (Wildman–Crippen LogP) is 1.74. The molecule has 1 aromatic carbocycles. The second-order valence-electron chi connectivity index (χ2n) is 5.45. The van der Waals surface area contributed by atoms with Gasteiger partial charge in [-0.15, -0.1) is 0 Å². The zero-order chi connectivity index (χ0) is 15.1. The molecule has 0 fully saturated rings. The molecule has 0 aliphatic heterocycles. The van der Waals surface area contributed by atoms with Gasteiger partial charge < -0.3 is 4.98 Å². The number of benzene rings is 1. The molecule has 0 spiro atoms. The van der Waals surface area contributed by atoms with Crippen LogP contribution in [0, 0.1) is 0 Å². The van der Waals surface area contributed by atoms with Crippen LogP contribution in [0.2, 0.25) is 0 Å². The molecule has 0 saturated carbocycles. The van der Waals surface area contributed by atoms with E-state index in [9.17, 15) is 9.59 Å². The average molecular weight is 284 g/mol. The Morgan fingerprint density at radius 2 is 1.95 bits per heavy atom. The number of hydrogen-bond donors (Lipinski definition) is 2. The van der Waals surface area contributed by atoms with Gasteiger partial charge in [0.1, 0.15) is 0 Å². The summed E-state index contributed by atoms with van der Waals surface area (Å²) in [5, 5.41) is 4.65. The highest BCUT2D eigenvalue weighted by Crippen LogP contribution is 2.31. The van der Waals surface area contributed by atoms with Crippen molar-refractivity contribution in [2.75, 3.05) is 0 Å². The van der Waals surface area contributed by atoms with Crippen LogP contribution in [0.25, 0.3) is 22.0 Å². The van der Waals surface area contributed by atoms with Crippen molar-refractivity contribution in [1.82, 2.24) is 19.7 Å². The molecule has 0 aliphatic rings. The zero-order valence-corrected chi connectivity index (χ0v) is 12.1. The van der Waals surface area contributed by atoms with Gasteiger partial charge in [0.05, 0.1) is 17.1 Å². The predicted molar refractivity (Wildman–Crippen MR) is 81.5 cm³/mol. The molecule has 21 heavy (non-hydrogen) atoms. The van der Waals surface area contributed by atoms with E-state index < -0.39 is 5.69 Å². The molecule has 0 unspecified atom stereocenters. The first-order chi connectivity index (χ1) is 9.95. The van der Waals surface area contributed by atoms with Gasteiger partial charge in [-0.05, 0) is 29.2 Å². The Morgan fingerprint density at radius 1 is 1.19 bits per heavy atom. The van der Waals surface area contributed by atoms with Crippen molar-refractivity contribution in [3.05, 3.63) is 50.9 Å². The van der Waals surface area contributed by atoms with Gasteiger partial charge in [0.15, 0.2) is 0 Å². The Kier molecular flexibility index (Phi) is 3.01. The number of aromatic amines is 2. The molecule has 0 radical (unpaired) electrons. The lowest BCUT2D eigenvalue weighted by atomic mass is 9.92. The van der Waals surface area contributed by atoms with Gasteiger partial charge in [0, 0.05) is 18.8 Å². The lowest BCUT2D eigenvalue weighted by Crippen LogP contribution is -2.22. The van der Waals surface area contributed by atoms with Crippen LogP contribution in [-0.2, 0) is 7.05 Å². The molecule has 0 aliphatic carbocycles. The van der Waals surface area contributed by atoms with E-state index in [1.54, 1.807) is 10.9 Å². The molecule has 108 valence electrons. The van der Waals surface area contributed by atoms with E-state index >= 15 is 0 Å². The molecule has 3 rings (SSSR count). The van der Waals surface area contributed by atoms with Crippen molar-refractivity contribution in [1.29, 1.82) is 0 Å². The third kappa shape index (κ3) is 2.29. The van der Waals surface area contributed by atoms with E-state index in [0.29, 0.717) is 10.9 Å². The summed E-state index contributed by atoms with van der Waals surface area (Å²) in [4.78, 5) is 28.3. The first-order valence-electron chi connectivity index (χ1n) is 6.75. The summed E-state index contributed by atoms with van der Waals surface area (Å²) in [6, 6.07) is 3.69. The third-order valence-corrected chi connectivity index (χ3v) is 3.55. The van der Waals surface area contributed by atoms with E-state index in [2.05, 4.69) is 28.9 Å². The number of nitrogens with zero attached hydrogens (tertiary/aromatic N) is 2. The summed E-state index contributed by atoms with van der Waals surface area (Å²) in [5.41, 5.74) is 2.67. The summed E-state index contributed by atoms with van der Waals surface area (Å²) in [5.74, 6) is 0.257. The number of aryl methyl sites for hydroxylation is 1. The van der Waals surface area contributed by atoms with E-state index in [-0.39, 0.29) is 11.5 Å². The van der Waals surface area contributed by atoms with Crippen molar-refractivity contribution < 1.29 is 0 Å². The highest BCUT2D eigenvalue weighted by atomic mass is 16.2. The van der Waals surface area contributed by atoms with Gasteiger partial charge in [-0.25, -0.2) is 4.79 Å². The van der Waals surface area contributed by atoms with E-state index in [0.717, 1.165) is 16.7 Å². The highest BCUT2D eigenvalue weighted by Gasteiger charge is 2.13. The van der Waals surface area contributed by atoms with Gasteiger partial charge in [-0.1, -0.05) is 13.8 Å². The maximum atomic E-state index is 12.0. The molecule has 0 atom stereocenters. The molecule has 2 N–H and O–H groups in total. The van der Waals surface area contributed by atoms with Gasteiger partial charge in [0.2, 0.25) is 0 Å². The zero-order valence-electron chi connectivity index (χ0n) is 12.1. The number of nitrogens with one attached hydrogen (secondary N) is 2. The van der Waals surface area contributed by atoms with Crippen LogP contribution in [-0.4, -0.2) is 19.7 Å². The standard InChI is InChI=1S/C15H16N4O2/c1-8(2)10-5-13-12(14(20)18-15(21)17-13)4-11(10)9-6-16-19(3)7-9/h4-8H,1-3H3,(H2,17,18,20,21). The van der Waals surface area contributed by atoms with Crippen LogP contribution in [0.4, 0.5) is 0 Å². The molecule has 0 saturated heterocycles. The smallest absolute Gasteiger partial charge is 0.307 e. The number of rotatable bonds is 2. The summed E-state index contributed by atoms with van der Waals surface area (Å²) in [6.07, 6.45) is 3.68. The van der Waals surface area contributed by atoms with Gasteiger partial charge >= 0.3 is 5.69 Å². The fraction of sp³-hybridized carbons (Fsp3) is 0.267. The fourth-order valence-corrected chi connectivity index (χ4v) is 2.52. The number of fused-ring (bicyclic) bond motifs is 1. The molecule has 2 heterocycles. The maximum absolute atomic E-state index is 12.0. The molecule has 3 aromatic rings. The Morgan fingerprint density at radius 3 is 2.57 bits per heavy atom. The second-order valence-corrected chi connectivity index (χ2v) is 5.45. The van der Waals surface area contributed by atoms with Crippen LogP contribution < -0.4 is 11.2 Å². The SMILES string of the molecule is CC(C)c1cc2[nH]c(=O)[nH]c(=O)c2cc1-c1cnn(C)c1. The average Bonchev–Trinajstić information content (AvgIpc) is 2.83. The molecule has 2 aromatic heterocycles. The van der Waals surface area contributed by atoms with Crippen molar-refractivity contribution in [3.63, 3.8) is 0 Å². The minimum Gasteiger partial charge on any atom is -0.307 e. The number of aromatic nitrogens is 4. The Labute approximate surface area is 120 Å². The number of H-pyrrole nitrogens is 2. The van der Waals surface area contributed by atoms with E-state index in [1.165, 1.54) is 0 Å². The normalized spacial score (nSPS) is 11.4. The van der Waals surface area contributed by atoms with Gasteiger partial charge in [-0.3, -0.25) is 14.5 Å². The van der Waals surface area contributed by atoms with Gasteiger partial charge in [-0.2, -0.15) is 5.10 Å². The number of hydrogen-bond acceptors (Lipinski definition) is 3. The quantitative estimate of drug-likeness (QED) is 0.752. The summed E-state index contributed by atoms with van der Waals surface area (Å²) < 4.78 is 1.72. The van der Waals surface area contributed by atoms with Crippen LogP contribution >= 0.6 is 0 Å². The van der Waals surface area contributed by atoms with Crippen molar-refractivity contribution in [3.8, 4) is 11.1 Å². The van der Waals surface area contributed by atoms with Crippen LogP contribution in [0.3, 0.4) is 0 Å². The van der Waals surface area contributed by atoms with E-state index in [1.807, 2.05) is 25.4 Å². The molecule has 0 bridgehead atoms. The van der Waals surface area contributed by atoms with Gasteiger partial charge in [0.25, 0.3) is 5.56 Å². The lowest BCUT2D eigenvalue weighted by Gasteiger charge is -2.13. The monoisotopic (exact) mass is 284 g/mol. The Bertz CT molecular complexity index is 931. The largest absolute Gasteiger partial charge is 0.326 e. The fourth-order valence-electron chi connectivity index (χ4n) is 2.52. The summed E-state index contributed by atoms with van der Waals surface area (Å²) >= 11 is 0. The first-order valence-corrected chi connectivity index (χ1v) is 6.75. The molecular formula is C15H16N4O2. The summed E-state index contributed by atoms with van der Waals surface area (Å²) in [6.45, 7) is 4.15. The second kappa shape index (κ2) is 4.73. The highest BCUT2D eigenvalue weighted by molar-refractivity contribution is 5.85. The molecule has 6 nitrogen and oxygen atoms in total. The Balaban J connectivity index is 2.39.